The molecular weight excluding hydrogens is 373 g/mol. The van der Waals surface area contributed by atoms with Crippen LogP contribution in [0.3, 0.4) is 0 Å². The molecule has 0 atom stereocenters. The lowest BCUT2D eigenvalue weighted by atomic mass is 10.1. The standard InChI is InChI=1S/C21H20FN5S/c22-18-13-16(5-6-19(18)27-8-7-23-15-27)14-25-9-11-26(12-10-25)21-17-3-1-2-4-20(17)28-24-21/h1-8,13,15H,9-12,14H2. The van der Waals surface area contributed by atoms with E-state index in [0.29, 0.717) is 5.69 Å². The van der Waals surface area contributed by atoms with Gasteiger partial charge in [0, 0.05) is 50.5 Å². The molecule has 5 rings (SSSR count). The fraction of sp³-hybridized carbons (Fsp3) is 0.238. The van der Waals surface area contributed by atoms with E-state index in [1.807, 2.05) is 12.1 Å². The highest BCUT2D eigenvalue weighted by atomic mass is 32.1. The van der Waals surface area contributed by atoms with Crippen molar-refractivity contribution in [3.63, 3.8) is 0 Å². The summed E-state index contributed by atoms with van der Waals surface area (Å²) in [5.74, 6) is 0.874. The molecule has 5 nitrogen and oxygen atoms in total. The summed E-state index contributed by atoms with van der Waals surface area (Å²) in [4.78, 5) is 8.71. The molecule has 2 aromatic heterocycles. The van der Waals surface area contributed by atoms with Crippen molar-refractivity contribution >= 4 is 27.4 Å². The summed E-state index contributed by atoms with van der Waals surface area (Å²) in [7, 11) is 0. The molecule has 1 fully saturated rings. The number of benzene rings is 2. The van der Waals surface area contributed by atoms with Crippen LogP contribution in [0.4, 0.5) is 10.2 Å². The Bertz CT molecular complexity index is 1080. The van der Waals surface area contributed by atoms with Gasteiger partial charge in [-0.3, -0.25) is 4.90 Å². The molecule has 0 N–H and O–H groups in total. The normalized spacial score (nSPS) is 15.4. The molecule has 0 radical (unpaired) electrons. The van der Waals surface area contributed by atoms with Gasteiger partial charge < -0.3 is 9.47 Å². The smallest absolute Gasteiger partial charge is 0.150 e. The maximum Gasteiger partial charge on any atom is 0.150 e. The fourth-order valence-corrected chi connectivity index (χ4v) is 4.53. The predicted octanol–water partition coefficient (Wildman–Crippen LogP) is 3.94. The number of halogens is 1. The number of imidazole rings is 1. The van der Waals surface area contributed by atoms with Crippen molar-refractivity contribution < 1.29 is 4.39 Å². The number of anilines is 1. The van der Waals surface area contributed by atoms with Crippen molar-refractivity contribution in [1.29, 1.82) is 0 Å². The van der Waals surface area contributed by atoms with Crippen LogP contribution in [0.2, 0.25) is 0 Å². The van der Waals surface area contributed by atoms with Crippen LogP contribution in [-0.4, -0.2) is 45.0 Å². The molecule has 2 aromatic carbocycles. The number of fused-ring (bicyclic) bond motifs is 1. The Balaban J connectivity index is 1.24. The van der Waals surface area contributed by atoms with E-state index in [9.17, 15) is 4.39 Å². The van der Waals surface area contributed by atoms with Crippen molar-refractivity contribution in [2.24, 2.45) is 0 Å². The topological polar surface area (TPSA) is 37.2 Å². The fourth-order valence-electron chi connectivity index (χ4n) is 3.74. The van der Waals surface area contributed by atoms with E-state index in [1.165, 1.54) is 10.1 Å². The Morgan fingerprint density at radius 3 is 2.68 bits per heavy atom. The second kappa shape index (κ2) is 7.33. The van der Waals surface area contributed by atoms with Gasteiger partial charge in [-0.25, -0.2) is 9.37 Å². The minimum atomic E-state index is -0.219. The van der Waals surface area contributed by atoms with E-state index >= 15 is 0 Å². The van der Waals surface area contributed by atoms with Crippen molar-refractivity contribution in [3.8, 4) is 5.69 Å². The van der Waals surface area contributed by atoms with E-state index in [2.05, 4.69) is 43.4 Å². The van der Waals surface area contributed by atoms with E-state index in [0.717, 1.165) is 44.1 Å². The SMILES string of the molecule is Fc1cc(CN2CCN(c3nsc4ccccc34)CC2)ccc1-n1ccnc1. The first-order valence-electron chi connectivity index (χ1n) is 9.36. The second-order valence-corrected chi connectivity index (χ2v) is 7.83. The first kappa shape index (κ1) is 17.3. The maximum atomic E-state index is 14.5. The summed E-state index contributed by atoms with van der Waals surface area (Å²) >= 11 is 1.56. The minimum absolute atomic E-state index is 0.219. The van der Waals surface area contributed by atoms with Crippen molar-refractivity contribution in [2.45, 2.75) is 6.54 Å². The van der Waals surface area contributed by atoms with Gasteiger partial charge in [0.05, 0.1) is 16.7 Å². The summed E-state index contributed by atoms with van der Waals surface area (Å²) in [5, 5.41) is 1.23. The Morgan fingerprint density at radius 2 is 1.89 bits per heavy atom. The highest BCUT2D eigenvalue weighted by Gasteiger charge is 2.21. The van der Waals surface area contributed by atoms with Gasteiger partial charge in [-0.1, -0.05) is 18.2 Å². The molecule has 1 saturated heterocycles. The third-order valence-electron chi connectivity index (χ3n) is 5.23. The van der Waals surface area contributed by atoms with E-state index in [4.69, 9.17) is 0 Å². The minimum Gasteiger partial charge on any atom is -0.353 e. The van der Waals surface area contributed by atoms with Crippen LogP contribution in [-0.2, 0) is 6.54 Å². The molecule has 0 unspecified atom stereocenters. The van der Waals surface area contributed by atoms with Crippen molar-refractivity contribution in [3.05, 3.63) is 72.6 Å². The summed E-state index contributed by atoms with van der Waals surface area (Å²) in [6, 6.07) is 13.8. The number of piperazine rings is 1. The molecule has 0 amide bonds. The van der Waals surface area contributed by atoms with Crippen molar-refractivity contribution in [2.75, 3.05) is 31.1 Å². The quantitative estimate of drug-likeness (QED) is 0.526. The van der Waals surface area contributed by atoms with Gasteiger partial charge >= 0.3 is 0 Å². The second-order valence-electron chi connectivity index (χ2n) is 7.02. The zero-order valence-electron chi connectivity index (χ0n) is 15.3. The Labute approximate surface area is 166 Å². The van der Waals surface area contributed by atoms with Gasteiger partial charge in [0.15, 0.2) is 0 Å². The molecule has 28 heavy (non-hydrogen) atoms. The third kappa shape index (κ3) is 3.27. The maximum absolute atomic E-state index is 14.5. The number of rotatable bonds is 4. The van der Waals surface area contributed by atoms with Crippen LogP contribution in [0.5, 0.6) is 0 Å². The predicted molar refractivity (Wildman–Crippen MR) is 111 cm³/mol. The average Bonchev–Trinajstić information content (AvgIpc) is 3.39. The average molecular weight is 393 g/mol. The highest BCUT2D eigenvalue weighted by molar-refractivity contribution is 7.13. The number of hydrogen-bond acceptors (Lipinski definition) is 5. The molecule has 142 valence electrons. The number of nitrogens with zero attached hydrogens (tertiary/aromatic N) is 5. The molecule has 0 bridgehead atoms. The molecule has 3 heterocycles. The van der Waals surface area contributed by atoms with E-state index in [1.54, 1.807) is 40.9 Å². The van der Waals surface area contributed by atoms with Gasteiger partial charge in [-0.15, -0.1) is 0 Å². The Kier molecular flexibility index (Phi) is 4.54. The van der Waals surface area contributed by atoms with Crippen LogP contribution in [0.15, 0.2) is 61.2 Å². The molecule has 7 heteroatoms. The molecule has 4 aromatic rings. The van der Waals surface area contributed by atoms with Gasteiger partial charge in [-0.05, 0) is 41.4 Å². The molecular formula is C21H20FN5S. The van der Waals surface area contributed by atoms with Gasteiger partial charge in [0.2, 0.25) is 0 Å². The van der Waals surface area contributed by atoms with Gasteiger partial charge in [-0.2, -0.15) is 4.37 Å². The highest BCUT2D eigenvalue weighted by Crippen LogP contribution is 2.30. The third-order valence-corrected chi connectivity index (χ3v) is 6.05. The van der Waals surface area contributed by atoms with Crippen LogP contribution in [0.25, 0.3) is 15.8 Å². The van der Waals surface area contributed by atoms with Crippen LogP contribution in [0.1, 0.15) is 5.56 Å². The van der Waals surface area contributed by atoms with Crippen LogP contribution in [0, 0.1) is 5.82 Å². The number of hydrogen-bond donors (Lipinski definition) is 0. The lowest BCUT2D eigenvalue weighted by Crippen LogP contribution is -2.46. The van der Waals surface area contributed by atoms with Crippen LogP contribution >= 0.6 is 11.5 Å². The molecule has 0 aliphatic carbocycles. The van der Waals surface area contributed by atoms with Crippen LogP contribution < -0.4 is 4.90 Å². The Hall–Kier alpha value is -2.77. The van der Waals surface area contributed by atoms with E-state index < -0.39 is 0 Å². The largest absolute Gasteiger partial charge is 0.353 e. The molecule has 0 saturated carbocycles. The van der Waals surface area contributed by atoms with Gasteiger partial charge in [0.1, 0.15) is 11.6 Å². The lowest BCUT2D eigenvalue weighted by molar-refractivity contribution is 0.249. The van der Waals surface area contributed by atoms with Gasteiger partial charge in [0.25, 0.3) is 0 Å². The summed E-state index contributed by atoms with van der Waals surface area (Å²) in [5.41, 5.74) is 1.52. The molecule has 1 aliphatic rings. The van der Waals surface area contributed by atoms with Crippen molar-refractivity contribution in [1.82, 2.24) is 18.8 Å². The summed E-state index contributed by atoms with van der Waals surface area (Å²) < 4.78 is 22.1. The zero-order valence-corrected chi connectivity index (χ0v) is 16.1. The first-order chi connectivity index (χ1) is 13.8. The summed E-state index contributed by atoms with van der Waals surface area (Å²) in [6.07, 6.45) is 5.01. The first-order valence-corrected chi connectivity index (χ1v) is 10.1. The number of aromatic nitrogens is 3. The monoisotopic (exact) mass is 393 g/mol. The van der Waals surface area contributed by atoms with E-state index in [-0.39, 0.29) is 5.82 Å². The zero-order chi connectivity index (χ0) is 18.9. The lowest BCUT2D eigenvalue weighted by Gasteiger charge is -2.35. The molecule has 1 aliphatic heterocycles. The summed E-state index contributed by atoms with van der Waals surface area (Å²) in [6.45, 7) is 4.51. The Morgan fingerprint density at radius 1 is 1.04 bits per heavy atom. The molecule has 0 spiro atoms.